The summed E-state index contributed by atoms with van der Waals surface area (Å²) >= 11 is 6.32. The van der Waals surface area contributed by atoms with Crippen LogP contribution in [0.3, 0.4) is 0 Å². The van der Waals surface area contributed by atoms with Crippen molar-refractivity contribution in [1.29, 1.82) is 5.41 Å². The number of aliphatic imine (C=N–C) groups is 1. The summed E-state index contributed by atoms with van der Waals surface area (Å²) in [5.74, 6) is -1.01. The highest BCUT2D eigenvalue weighted by molar-refractivity contribution is 6.31. The summed E-state index contributed by atoms with van der Waals surface area (Å²) < 4.78 is 29.7. The number of nitrogens with one attached hydrogen (secondary N) is 4. The lowest BCUT2D eigenvalue weighted by Gasteiger charge is -2.23. The van der Waals surface area contributed by atoms with Crippen molar-refractivity contribution in [3.63, 3.8) is 0 Å². The minimum absolute atomic E-state index is 0.0150. The molecule has 3 aromatic carbocycles. The molecule has 12 heteroatoms. The Kier molecular flexibility index (Phi) is 8.75. The Hall–Kier alpha value is -4.45. The van der Waals surface area contributed by atoms with Crippen molar-refractivity contribution >= 4 is 40.6 Å². The van der Waals surface area contributed by atoms with Gasteiger partial charge < -0.3 is 26.0 Å². The van der Waals surface area contributed by atoms with Crippen molar-refractivity contribution in [1.82, 2.24) is 20.2 Å². The van der Waals surface area contributed by atoms with E-state index in [1.807, 2.05) is 26.2 Å². The number of halogens is 3. The van der Waals surface area contributed by atoms with Gasteiger partial charge in [-0.3, -0.25) is 10.4 Å². The van der Waals surface area contributed by atoms with Gasteiger partial charge in [-0.15, -0.1) is 0 Å². The van der Waals surface area contributed by atoms with E-state index < -0.39 is 17.9 Å². The molecule has 6 rings (SSSR count). The zero-order valence-electron chi connectivity index (χ0n) is 24.8. The largest absolute Gasteiger partial charge is 0.373 e. The quantitative estimate of drug-likeness (QED) is 0.0943. The molecule has 45 heavy (non-hydrogen) atoms. The molecule has 2 heterocycles. The van der Waals surface area contributed by atoms with Gasteiger partial charge in [-0.25, -0.2) is 18.7 Å². The second-order valence-electron chi connectivity index (χ2n) is 11.5. The lowest BCUT2D eigenvalue weighted by atomic mass is 9.95. The third-order valence-electron chi connectivity index (χ3n) is 8.29. The van der Waals surface area contributed by atoms with Crippen molar-refractivity contribution in [2.75, 3.05) is 24.7 Å². The molecule has 1 saturated carbocycles. The summed E-state index contributed by atoms with van der Waals surface area (Å²) in [5, 5.41) is 28.3. The van der Waals surface area contributed by atoms with Crippen LogP contribution in [0, 0.1) is 23.0 Å². The first-order valence-electron chi connectivity index (χ1n) is 14.6. The Morgan fingerprint density at radius 1 is 1.02 bits per heavy atom. The fourth-order valence-corrected chi connectivity index (χ4v) is 6.05. The summed E-state index contributed by atoms with van der Waals surface area (Å²) in [5.41, 5.74) is 3.68. The van der Waals surface area contributed by atoms with Gasteiger partial charge in [0, 0.05) is 51.2 Å². The lowest BCUT2D eigenvalue weighted by molar-refractivity contribution is 0.0925. The number of aliphatic hydroxyl groups is 1. The van der Waals surface area contributed by atoms with Crippen LogP contribution in [0.15, 0.2) is 71.9 Å². The molecule has 4 aromatic rings. The first-order chi connectivity index (χ1) is 21.7. The maximum atomic E-state index is 14.8. The maximum Gasteiger partial charge on any atom is 0.227 e. The van der Waals surface area contributed by atoms with Crippen LogP contribution in [0.2, 0.25) is 5.02 Å². The summed E-state index contributed by atoms with van der Waals surface area (Å²) in [7, 11) is 4.10. The predicted octanol–water partition coefficient (Wildman–Crippen LogP) is 6.15. The summed E-state index contributed by atoms with van der Waals surface area (Å²) in [6.45, 7) is 0.122. The van der Waals surface area contributed by atoms with E-state index in [1.165, 1.54) is 18.2 Å². The van der Waals surface area contributed by atoms with Gasteiger partial charge in [0.25, 0.3) is 0 Å². The van der Waals surface area contributed by atoms with Crippen molar-refractivity contribution in [3.8, 4) is 11.3 Å². The van der Waals surface area contributed by atoms with Crippen LogP contribution in [0.1, 0.15) is 36.0 Å². The number of guanidine groups is 1. The third kappa shape index (κ3) is 6.65. The number of anilines is 3. The SMILES string of the molecule is CN(C)C1CCC(C(O)NC(=N)Nc2ccc(Nc3ncc4c(n3)-c3ccc(Cl)cc3C(c3c(F)cccc3F)=NC4)cc2)C1. The average Bonchev–Trinajstić information content (AvgIpc) is 3.46. The van der Waals surface area contributed by atoms with Gasteiger partial charge in [-0.2, -0.15) is 0 Å². The van der Waals surface area contributed by atoms with Gasteiger partial charge in [-0.05, 0) is 81.9 Å². The molecule has 2 aliphatic rings. The highest BCUT2D eigenvalue weighted by atomic mass is 35.5. The van der Waals surface area contributed by atoms with Crippen molar-refractivity contribution in [2.45, 2.75) is 38.1 Å². The Labute approximate surface area is 264 Å². The van der Waals surface area contributed by atoms with Crippen molar-refractivity contribution < 1.29 is 13.9 Å². The molecular formula is C33H33ClF2N8O. The van der Waals surface area contributed by atoms with Crippen LogP contribution in [0.5, 0.6) is 0 Å². The van der Waals surface area contributed by atoms with E-state index in [4.69, 9.17) is 22.0 Å². The second-order valence-corrected chi connectivity index (χ2v) is 11.9. The van der Waals surface area contributed by atoms with Crippen LogP contribution >= 0.6 is 11.6 Å². The molecule has 1 aromatic heterocycles. The Bertz CT molecular complexity index is 1740. The standard InChI is InChI=1S/C33H33ClF2N8O/c1-44(2)23-12-6-18(14-23)31(45)43-32(37)40-21-8-10-22(11-9-21)41-33-39-17-19-16-38-30(28-26(35)4-3-5-27(28)36)25-15-20(34)7-13-24(25)29(19)42-33/h3-5,7-11,13,15,17-18,23,31,45H,6,12,14,16H2,1-2H3,(H3,37,40,43)(H,39,41,42). The first kappa shape index (κ1) is 30.6. The topological polar surface area (TPSA) is 122 Å². The molecule has 0 saturated heterocycles. The minimum Gasteiger partial charge on any atom is -0.373 e. The van der Waals surface area contributed by atoms with E-state index in [1.54, 1.807) is 36.5 Å². The minimum atomic E-state index is -0.797. The van der Waals surface area contributed by atoms with E-state index in [2.05, 4.69) is 30.8 Å². The van der Waals surface area contributed by atoms with Crippen LogP contribution in [-0.4, -0.2) is 58.0 Å². The molecule has 5 N–H and O–H groups in total. The lowest BCUT2D eigenvalue weighted by Crippen LogP contribution is -2.42. The van der Waals surface area contributed by atoms with Gasteiger partial charge in [-0.1, -0.05) is 23.7 Å². The van der Waals surface area contributed by atoms with E-state index >= 15 is 0 Å². The van der Waals surface area contributed by atoms with E-state index in [-0.39, 0.29) is 29.7 Å². The van der Waals surface area contributed by atoms with Crippen LogP contribution in [-0.2, 0) is 6.54 Å². The molecular weight excluding hydrogens is 598 g/mol. The monoisotopic (exact) mass is 630 g/mol. The average molecular weight is 631 g/mol. The Morgan fingerprint density at radius 3 is 2.47 bits per heavy atom. The molecule has 232 valence electrons. The summed E-state index contributed by atoms with van der Waals surface area (Å²) in [6, 6.07) is 16.5. The summed E-state index contributed by atoms with van der Waals surface area (Å²) in [4.78, 5) is 16.0. The van der Waals surface area contributed by atoms with Gasteiger partial charge >= 0.3 is 0 Å². The van der Waals surface area contributed by atoms with Gasteiger partial charge in [0.05, 0.1) is 23.5 Å². The second kappa shape index (κ2) is 12.9. The highest BCUT2D eigenvalue weighted by Gasteiger charge is 2.31. The van der Waals surface area contributed by atoms with Gasteiger partial charge in [0.1, 0.15) is 17.9 Å². The van der Waals surface area contributed by atoms with E-state index in [0.717, 1.165) is 19.3 Å². The molecule has 1 aliphatic heterocycles. The zero-order valence-corrected chi connectivity index (χ0v) is 25.5. The highest BCUT2D eigenvalue weighted by Crippen LogP contribution is 2.35. The van der Waals surface area contributed by atoms with Crippen LogP contribution < -0.4 is 16.0 Å². The molecule has 3 atom stereocenters. The third-order valence-corrected chi connectivity index (χ3v) is 8.52. The Balaban J connectivity index is 1.16. The fourth-order valence-electron chi connectivity index (χ4n) is 5.88. The molecule has 3 unspecified atom stereocenters. The Morgan fingerprint density at radius 2 is 1.76 bits per heavy atom. The first-order valence-corrected chi connectivity index (χ1v) is 15.0. The zero-order chi connectivity index (χ0) is 31.7. The number of aromatic nitrogens is 2. The van der Waals surface area contributed by atoms with Gasteiger partial charge in [0.2, 0.25) is 5.95 Å². The molecule has 0 spiro atoms. The maximum absolute atomic E-state index is 14.8. The van der Waals surface area contributed by atoms with Gasteiger partial charge in [0.15, 0.2) is 5.96 Å². The fraction of sp³-hybridized carbons (Fsp3) is 0.273. The molecule has 1 aliphatic carbocycles. The number of aliphatic hydroxyl groups excluding tert-OH is 1. The van der Waals surface area contributed by atoms with Crippen LogP contribution in [0.25, 0.3) is 11.3 Å². The number of rotatable bonds is 7. The number of hydrogen-bond donors (Lipinski definition) is 5. The smallest absolute Gasteiger partial charge is 0.227 e. The van der Waals surface area contributed by atoms with Crippen molar-refractivity contribution in [2.24, 2.45) is 10.9 Å². The number of benzene rings is 3. The predicted molar refractivity (Wildman–Crippen MR) is 173 cm³/mol. The number of nitrogens with zero attached hydrogens (tertiary/aromatic N) is 4. The van der Waals surface area contributed by atoms with Crippen molar-refractivity contribution in [3.05, 3.63) is 100 Å². The molecule has 9 nitrogen and oxygen atoms in total. The molecule has 0 bridgehead atoms. The molecule has 1 fully saturated rings. The summed E-state index contributed by atoms with van der Waals surface area (Å²) in [6.07, 6.45) is 3.68. The molecule has 0 radical (unpaired) electrons. The number of hydrogen-bond acceptors (Lipinski definition) is 7. The van der Waals surface area contributed by atoms with Crippen LogP contribution in [0.4, 0.5) is 26.1 Å². The van der Waals surface area contributed by atoms with E-state index in [0.29, 0.717) is 50.8 Å². The normalized spacial score (nSPS) is 18.0. The molecule has 0 amide bonds. The van der Waals surface area contributed by atoms with E-state index in [9.17, 15) is 13.9 Å². The number of fused-ring (bicyclic) bond motifs is 3.